The molecule has 362 valence electrons. The van der Waals surface area contributed by atoms with Gasteiger partial charge in [0.2, 0.25) is 5.91 Å². The molecule has 1 unspecified atom stereocenters. The summed E-state index contributed by atoms with van der Waals surface area (Å²) in [6, 6.07) is 3.55. The lowest BCUT2D eigenvalue weighted by Crippen LogP contribution is -2.51. The number of ether oxygens (including phenoxy) is 1. The normalized spacial score (nSPS) is 11.4. The summed E-state index contributed by atoms with van der Waals surface area (Å²) in [5.74, 6) is -7.28. The summed E-state index contributed by atoms with van der Waals surface area (Å²) in [6.07, 6.45) is 4.96. The average molecular weight is 937 g/mol. The molecular formula is C43H56N10O14. The smallest absolute Gasteiger partial charge is 0.293 e. The van der Waals surface area contributed by atoms with Crippen LogP contribution in [0.25, 0.3) is 0 Å². The highest BCUT2D eigenvalue weighted by molar-refractivity contribution is 6.00. The van der Waals surface area contributed by atoms with Crippen molar-refractivity contribution in [1.29, 1.82) is 0 Å². The number of hydrogen-bond donors (Lipinski definition) is 8. The number of carbonyl (C=O) groups excluding carboxylic acids is 5. The number of aromatic nitrogens is 4. The maximum absolute atomic E-state index is 14.4. The Kier molecular flexibility index (Phi) is 18.6. The van der Waals surface area contributed by atoms with Gasteiger partial charge in [-0.3, -0.25) is 43.2 Å². The first kappa shape index (κ1) is 51.9. The van der Waals surface area contributed by atoms with Gasteiger partial charge in [-0.2, -0.15) is 0 Å². The van der Waals surface area contributed by atoms with Gasteiger partial charge in [0.25, 0.3) is 45.9 Å². The summed E-state index contributed by atoms with van der Waals surface area (Å²) < 4.78 is 9.65. The first-order valence-electron chi connectivity index (χ1n) is 21.1. The molecule has 1 atom stereocenters. The Morgan fingerprint density at radius 3 is 1.43 bits per heavy atom. The molecule has 24 nitrogen and oxygen atoms in total. The van der Waals surface area contributed by atoms with Gasteiger partial charge in [0.1, 0.15) is 6.04 Å². The second kappa shape index (κ2) is 24.0. The monoisotopic (exact) mass is 936 g/mol. The van der Waals surface area contributed by atoms with E-state index in [1.165, 1.54) is 82.1 Å². The van der Waals surface area contributed by atoms with Crippen LogP contribution in [0.15, 0.2) is 68.2 Å². The van der Waals surface area contributed by atoms with Gasteiger partial charge < -0.3 is 74.9 Å². The number of amides is 5. The standard InChI is InChI=1S/C43H56N10O14/c1-48-20-9-26(31(54)40(48)63)35(58)45-14-6-18-52(38(61)28-11-22-50(3)42(65)33(28)56)17-5-8-30(37(60)47-16-25-67-24-13-44)53(39(62)29-12-23-51(4)43(66)34(29)57)19-7-15-46-36(59)27-10-21-49(2)41(64)32(27)55/h9-12,20-23,30,54-57H,5-8,13-19,24-25,44H2,1-4H3,(H,45,58)(H,46,59)(H,47,60). The topological polar surface area (TPSA) is 332 Å². The summed E-state index contributed by atoms with van der Waals surface area (Å²) in [4.78, 5) is 120. The first-order chi connectivity index (χ1) is 31.8. The summed E-state index contributed by atoms with van der Waals surface area (Å²) in [7, 11) is 5.51. The zero-order chi connectivity index (χ0) is 49.5. The molecule has 9 N–H and O–H groups in total. The molecule has 0 aliphatic carbocycles. The van der Waals surface area contributed by atoms with E-state index in [1.807, 2.05) is 0 Å². The van der Waals surface area contributed by atoms with Crippen molar-refractivity contribution in [2.75, 3.05) is 59.0 Å². The van der Waals surface area contributed by atoms with E-state index < -0.39 is 86.4 Å². The van der Waals surface area contributed by atoms with Gasteiger partial charge in [0.15, 0.2) is 23.0 Å². The molecule has 0 aliphatic heterocycles. The van der Waals surface area contributed by atoms with E-state index >= 15 is 0 Å². The van der Waals surface area contributed by atoms with Crippen LogP contribution >= 0.6 is 0 Å². The minimum atomic E-state index is -1.37. The number of rotatable bonds is 23. The van der Waals surface area contributed by atoms with E-state index in [1.54, 1.807) is 0 Å². The third-order valence-electron chi connectivity index (χ3n) is 10.6. The molecule has 0 aromatic carbocycles. The molecule has 0 radical (unpaired) electrons. The van der Waals surface area contributed by atoms with Crippen LogP contribution in [0.3, 0.4) is 0 Å². The Bertz CT molecular complexity index is 2710. The van der Waals surface area contributed by atoms with Crippen LogP contribution in [0.2, 0.25) is 0 Å². The Morgan fingerprint density at radius 2 is 0.970 bits per heavy atom. The summed E-state index contributed by atoms with van der Waals surface area (Å²) in [5.41, 5.74) is 0.795. The van der Waals surface area contributed by atoms with E-state index in [-0.39, 0.29) is 101 Å². The molecule has 0 bridgehead atoms. The van der Waals surface area contributed by atoms with Crippen molar-refractivity contribution in [3.8, 4) is 23.0 Å². The fraction of sp³-hybridized carbons (Fsp3) is 0.419. The Hall–Kier alpha value is -7.73. The number of nitrogens with two attached hydrogens (primary N) is 1. The largest absolute Gasteiger partial charge is 0.502 e. The van der Waals surface area contributed by atoms with Crippen LogP contribution in [-0.2, 0) is 37.7 Å². The van der Waals surface area contributed by atoms with Gasteiger partial charge in [-0.1, -0.05) is 0 Å². The highest BCUT2D eigenvalue weighted by Gasteiger charge is 2.33. The maximum Gasteiger partial charge on any atom is 0.293 e. The number of hydrogen-bond acceptors (Lipinski definition) is 15. The number of aryl methyl sites for hydroxylation is 4. The third-order valence-corrected chi connectivity index (χ3v) is 10.6. The predicted octanol–water partition coefficient (Wildman–Crippen LogP) is -2.23. The molecule has 0 fully saturated rings. The fourth-order valence-electron chi connectivity index (χ4n) is 6.78. The molecule has 0 saturated heterocycles. The average Bonchev–Trinajstić information content (AvgIpc) is 3.30. The van der Waals surface area contributed by atoms with Crippen molar-refractivity contribution in [2.24, 2.45) is 33.9 Å². The second-order valence-electron chi connectivity index (χ2n) is 15.3. The van der Waals surface area contributed by atoms with E-state index in [0.29, 0.717) is 0 Å². The van der Waals surface area contributed by atoms with Crippen molar-refractivity contribution in [3.05, 3.63) is 113 Å². The van der Waals surface area contributed by atoms with E-state index in [4.69, 9.17) is 10.5 Å². The van der Waals surface area contributed by atoms with Gasteiger partial charge in [0.05, 0.1) is 35.5 Å². The molecule has 0 aliphatic rings. The first-order valence-corrected chi connectivity index (χ1v) is 21.1. The fourth-order valence-corrected chi connectivity index (χ4v) is 6.78. The number of carbonyl (C=O) groups is 5. The van der Waals surface area contributed by atoms with Crippen molar-refractivity contribution < 1.29 is 49.1 Å². The molecule has 0 spiro atoms. The van der Waals surface area contributed by atoms with E-state index in [9.17, 15) is 63.6 Å². The zero-order valence-corrected chi connectivity index (χ0v) is 37.5. The van der Waals surface area contributed by atoms with Gasteiger partial charge in [-0.15, -0.1) is 0 Å². The molecule has 4 aromatic heterocycles. The summed E-state index contributed by atoms with van der Waals surface area (Å²) >= 11 is 0. The predicted molar refractivity (Wildman–Crippen MR) is 240 cm³/mol. The van der Waals surface area contributed by atoms with Crippen molar-refractivity contribution in [1.82, 2.24) is 44.0 Å². The van der Waals surface area contributed by atoms with Gasteiger partial charge >= 0.3 is 0 Å². The molecular weight excluding hydrogens is 881 g/mol. The quantitative estimate of drug-likeness (QED) is 0.0365. The van der Waals surface area contributed by atoms with Crippen LogP contribution in [0.5, 0.6) is 23.0 Å². The molecule has 67 heavy (non-hydrogen) atoms. The van der Waals surface area contributed by atoms with E-state index in [0.717, 1.165) is 23.2 Å². The lowest BCUT2D eigenvalue weighted by molar-refractivity contribution is -0.126. The lowest BCUT2D eigenvalue weighted by atomic mass is 10.0. The van der Waals surface area contributed by atoms with Crippen LogP contribution in [0.1, 0.15) is 67.1 Å². The van der Waals surface area contributed by atoms with Crippen molar-refractivity contribution >= 4 is 29.5 Å². The van der Waals surface area contributed by atoms with Crippen LogP contribution in [0.4, 0.5) is 0 Å². The number of pyridine rings is 4. The number of aromatic hydroxyl groups is 4. The summed E-state index contributed by atoms with van der Waals surface area (Å²) in [6.45, 7) is -0.336. The SMILES string of the molecule is Cn1ccc(C(=O)NCCCN(CCCC(C(=O)NCCOCCN)N(CCCNC(=O)c2ccn(C)c(=O)c2O)C(=O)c2ccn(C)c(=O)c2O)C(=O)c2ccn(C)c(=O)c2O)c(O)c1=O. The van der Waals surface area contributed by atoms with Gasteiger partial charge in [0, 0.05) is 98.8 Å². The second-order valence-corrected chi connectivity index (χ2v) is 15.3. The van der Waals surface area contributed by atoms with Crippen LogP contribution < -0.4 is 43.9 Å². The molecule has 24 heteroatoms. The van der Waals surface area contributed by atoms with Crippen molar-refractivity contribution in [2.45, 2.75) is 31.7 Å². The Balaban J connectivity index is 1.63. The van der Waals surface area contributed by atoms with Crippen molar-refractivity contribution in [3.63, 3.8) is 0 Å². The summed E-state index contributed by atoms with van der Waals surface area (Å²) in [5, 5.41) is 49.9. The minimum Gasteiger partial charge on any atom is -0.502 e. The maximum atomic E-state index is 14.4. The molecule has 4 heterocycles. The lowest BCUT2D eigenvalue weighted by Gasteiger charge is -2.32. The van der Waals surface area contributed by atoms with Gasteiger partial charge in [-0.25, -0.2) is 0 Å². The highest BCUT2D eigenvalue weighted by Crippen LogP contribution is 2.21. The van der Waals surface area contributed by atoms with Crippen LogP contribution in [-0.4, -0.2) is 143 Å². The zero-order valence-electron chi connectivity index (χ0n) is 37.5. The molecule has 4 aromatic rings. The Morgan fingerprint density at radius 1 is 0.567 bits per heavy atom. The molecule has 0 saturated carbocycles. The number of nitrogens with zero attached hydrogens (tertiary/aromatic N) is 6. The minimum absolute atomic E-state index is 0.0293. The van der Waals surface area contributed by atoms with E-state index in [2.05, 4.69) is 16.0 Å². The molecule has 4 rings (SSSR count). The number of nitrogens with one attached hydrogen (secondary N) is 3. The highest BCUT2D eigenvalue weighted by atomic mass is 16.5. The Labute approximate surface area is 382 Å². The van der Waals surface area contributed by atoms with Crippen LogP contribution in [0, 0.1) is 0 Å². The third kappa shape index (κ3) is 13.0. The van der Waals surface area contributed by atoms with Gasteiger partial charge in [-0.05, 0) is 49.9 Å². The molecule has 5 amide bonds.